The summed E-state index contributed by atoms with van der Waals surface area (Å²) in [5.41, 5.74) is 2.72. The summed E-state index contributed by atoms with van der Waals surface area (Å²) in [6, 6.07) is 5.34. The lowest BCUT2D eigenvalue weighted by atomic mass is 10.1. The molecule has 0 atom stereocenters. The van der Waals surface area contributed by atoms with E-state index in [-0.39, 0.29) is 11.8 Å². The molecule has 0 saturated carbocycles. The van der Waals surface area contributed by atoms with Gasteiger partial charge in [-0.25, -0.2) is 4.98 Å². The number of hydrogen-bond donors (Lipinski definition) is 2. The van der Waals surface area contributed by atoms with E-state index in [9.17, 15) is 9.59 Å². The van der Waals surface area contributed by atoms with Crippen LogP contribution in [0.4, 0.5) is 5.69 Å². The van der Waals surface area contributed by atoms with Crippen molar-refractivity contribution in [1.29, 1.82) is 0 Å². The van der Waals surface area contributed by atoms with Crippen molar-refractivity contribution in [3.05, 3.63) is 46.0 Å². The summed E-state index contributed by atoms with van der Waals surface area (Å²) >= 11 is 6.03. The third-order valence-electron chi connectivity index (χ3n) is 4.52. The molecule has 0 fully saturated rings. The normalized spacial score (nSPS) is 13.2. The fourth-order valence-corrected chi connectivity index (χ4v) is 3.30. The van der Waals surface area contributed by atoms with Crippen molar-refractivity contribution < 1.29 is 9.59 Å². The molecule has 6 nitrogen and oxygen atoms in total. The third-order valence-corrected chi connectivity index (χ3v) is 4.75. The number of halogens is 1. The van der Waals surface area contributed by atoms with E-state index in [4.69, 9.17) is 11.6 Å². The lowest BCUT2D eigenvalue weighted by molar-refractivity contribution is 0.0937. The number of carbonyl (C=O) groups excluding carboxylic acids is 2. The number of nitrogens with zero attached hydrogens (tertiary/aromatic N) is 2. The Morgan fingerprint density at radius 2 is 2.08 bits per heavy atom. The fraction of sp³-hybridized carbons (Fsp3) is 0.421. The van der Waals surface area contributed by atoms with Gasteiger partial charge in [-0.2, -0.15) is 0 Å². The highest BCUT2D eigenvalue weighted by Crippen LogP contribution is 2.24. The second kappa shape index (κ2) is 7.91. The first-order valence-corrected chi connectivity index (χ1v) is 9.34. The average molecular weight is 375 g/mol. The average Bonchev–Trinajstić information content (AvgIpc) is 3.02. The minimum Gasteiger partial charge on any atom is -0.349 e. The molecular formula is C19H23ClN4O2. The smallest absolute Gasteiger partial charge is 0.287 e. The molecule has 0 aliphatic carbocycles. The molecule has 0 saturated heterocycles. The fourth-order valence-electron chi connectivity index (χ4n) is 3.13. The molecule has 0 spiro atoms. The number of anilines is 1. The van der Waals surface area contributed by atoms with Crippen LogP contribution in [0.1, 0.15) is 58.6 Å². The highest BCUT2D eigenvalue weighted by atomic mass is 35.5. The van der Waals surface area contributed by atoms with Gasteiger partial charge in [-0.15, -0.1) is 0 Å². The van der Waals surface area contributed by atoms with Crippen LogP contribution in [0.5, 0.6) is 0 Å². The molecule has 0 radical (unpaired) electrons. The van der Waals surface area contributed by atoms with Crippen LogP contribution in [0.25, 0.3) is 0 Å². The first-order chi connectivity index (χ1) is 12.5. The minimum atomic E-state index is -0.310. The van der Waals surface area contributed by atoms with Crippen molar-refractivity contribution >= 4 is 29.1 Å². The van der Waals surface area contributed by atoms with Crippen LogP contribution in [-0.4, -0.2) is 27.9 Å². The predicted molar refractivity (Wildman–Crippen MR) is 102 cm³/mol. The first kappa shape index (κ1) is 18.5. The van der Waals surface area contributed by atoms with E-state index in [1.54, 1.807) is 12.1 Å². The predicted octanol–water partition coefficient (Wildman–Crippen LogP) is 3.57. The largest absolute Gasteiger partial charge is 0.349 e. The SMILES string of the molecule is CCCNC(=O)c1nc(C(=O)Nc2cc(Cl)ccc2C)c2n1CCCC2. The molecular weight excluding hydrogens is 352 g/mol. The van der Waals surface area contributed by atoms with Crippen molar-refractivity contribution in [2.75, 3.05) is 11.9 Å². The van der Waals surface area contributed by atoms with E-state index in [1.807, 2.05) is 24.5 Å². The van der Waals surface area contributed by atoms with Crippen molar-refractivity contribution in [1.82, 2.24) is 14.9 Å². The molecule has 2 aromatic rings. The van der Waals surface area contributed by atoms with Crippen molar-refractivity contribution in [2.24, 2.45) is 0 Å². The van der Waals surface area contributed by atoms with Gasteiger partial charge in [-0.05, 0) is 50.3 Å². The zero-order valence-corrected chi connectivity index (χ0v) is 15.8. The van der Waals surface area contributed by atoms with Crippen molar-refractivity contribution in [3.63, 3.8) is 0 Å². The van der Waals surface area contributed by atoms with Gasteiger partial charge in [-0.3, -0.25) is 9.59 Å². The molecule has 0 unspecified atom stereocenters. The maximum Gasteiger partial charge on any atom is 0.287 e. The molecule has 2 amide bonds. The number of amides is 2. The van der Waals surface area contributed by atoms with Crippen molar-refractivity contribution in [3.8, 4) is 0 Å². The Bertz CT molecular complexity index is 844. The summed E-state index contributed by atoms with van der Waals surface area (Å²) in [6.45, 7) is 5.19. The second-order valence-electron chi connectivity index (χ2n) is 6.51. The van der Waals surface area contributed by atoms with E-state index in [2.05, 4.69) is 15.6 Å². The first-order valence-electron chi connectivity index (χ1n) is 8.96. The summed E-state index contributed by atoms with van der Waals surface area (Å²) < 4.78 is 1.88. The second-order valence-corrected chi connectivity index (χ2v) is 6.95. The van der Waals surface area contributed by atoms with E-state index in [1.165, 1.54) is 0 Å². The van der Waals surface area contributed by atoms with Crippen LogP contribution >= 0.6 is 11.6 Å². The van der Waals surface area contributed by atoms with Crippen molar-refractivity contribution in [2.45, 2.75) is 46.1 Å². The summed E-state index contributed by atoms with van der Waals surface area (Å²) in [4.78, 5) is 29.7. The number of carbonyl (C=O) groups is 2. The number of aryl methyl sites for hydroxylation is 1. The van der Waals surface area contributed by atoms with Crippen LogP contribution < -0.4 is 10.6 Å². The summed E-state index contributed by atoms with van der Waals surface area (Å²) in [5.74, 6) is -0.218. The van der Waals surface area contributed by atoms with Gasteiger partial charge in [0.2, 0.25) is 0 Å². The summed E-state index contributed by atoms with van der Waals surface area (Å²) in [6.07, 6.45) is 3.55. The van der Waals surface area contributed by atoms with Gasteiger partial charge in [0.1, 0.15) is 0 Å². The van der Waals surface area contributed by atoms with Crippen LogP contribution in [0, 0.1) is 6.92 Å². The van der Waals surface area contributed by atoms with Gasteiger partial charge in [0.05, 0.1) is 5.69 Å². The maximum atomic E-state index is 12.8. The number of nitrogens with one attached hydrogen (secondary N) is 2. The molecule has 1 aliphatic rings. The molecule has 2 N–H and O–H groups in total. The lowest BCUT2D eigenvalue weighted by Gasteiger charge is -2.17. The Hall–Kier alpha value is -2.34. The molecule has 7 heteroatoms. The third kappa shape index (κ3) is 3.75. The van der Waals surface area contributed by atoms with Gasteiger partial charge < -0.3 is 15.2 Å². The highest BCUT2D eigenvalue weighted by Gasteiger charge is 2.27. The Morgan fingerprint density at radius 1 is 1.27 bits per heavy atom. The molecule has 138 valence electrons. The number of imidazole rings is 1. The topological polar surface area (TPSA) is 76.0 Å². The van der Waals surface area contributed by atoms with E-state index >= 15 is 0 Å². The lowest BCUT2D eigenvalue weighted by Crippen LogP contribution is -2.28. The van der Waals surface area contributed by atoms with Crippen LogP contribution in [-0.2, 0) is 13.0 Å². The Morgan fingerprint density at radius 3 is 2.85 bits per heavy atom. The van der Waals surface area contributed by atoms with E-state index in [0.29, 0.717) is 35.3 Å². The van der Waals surface area contributed by atoms with E-state index in [0.717, 1.165) is 36.9 Å². The number of rotatable bonds is 5. The van der Waals surface area contributed by atoms with Gasteiger partial charge in [0.15, 0.2) is 11.5 Å². The number of fused-ring (bicyclic) bond motifs is 1. The zero-order chi connectivity index (χ0) is 18.7. The Balaban J connectivity index is 1.91. The number of hydrogen-bond acceptors (Lipinski definition) is 3. The standard InChI is InChI=1S/C19H23ClN4O2/c1-3-9-21-19(26)17-23-16(15-6-4-5-10-24(15)17)18(25)22-14-11-13(20)8-7-12(14)2/h7-8,11H,3-6,9-10H2,1-2H3,(H,21,26)(H,22,25). The Kier molecular flexibility index (Phi) is 5.61. The van der Waals surface area contributed by atoms with Crippen LogP contribution in [0.3, 0.4) is 0 Å². The van der Waals surface area contributed by atoms with Gasteiger partial charge >= 0.3 is 0 Å². The Labute approximate surface area is 157 Å². The molecule has 2 heterocycles. The number of benzene rings is 1. The molecule has 26 heavy (non-hydrogen) atoms. The quantitative estimate of drug-likeness (QED) is 0.839. The van der Waals surface area contributed by atoms with Crippen LogP contribution in [0.2, 0.25) is 5.02 Å². The molecule has 1 aromatic carbocycles. The van der Waals surface area contributed by atoms with Gasteiger partial charge in [0.25, 0.3) is 11.8 Å². The van der Waals surface area contributed by atoms with Gasteiger partial charge in [-0.1, -0.05) is 24.6 Å². The maximum absolute atomic E-state index is 12.8. The van der Waals surface area contributed by atoms with Crippen LogP contribution in [0.15, 0.2) is 18.2 Å². The van der Waals surface area contributed by atoms with E-state index < -0.39 is 0 Å². The molecule has 1 aliphatic heterocycles. The molecule has 3 rings (SSSR count). The van der Waals surface area contributed by atoms with Gasteiger partial charge in [0, 0.05) is 23.8 Å². The molecule has 1 aromatic heterocycles. The minimum absolute atomic E-state index is 0.229. The highest BCUT2D eigenvalue weighted by molar-refractivity contribution is 6.31. The monoisotopic (exact) mass is 374 g/mol. The zero-order valence-electron chi connectivity index (χ0n) is 15.1. The molecule has 0 bridgehead atoms. The summed E-state index contributed by atoms with van der Waals surface area (Å²) in [7, 11) is 0. The number of aromatic nitrogens is 2. The summed E-state index contributed by atoms with van der Waals surface area (Å²) in [5, 5.41) is 6.28.